The monoisotopic (exact) mass is 303 g/mol. The Morgan fingerprint density at radius 2 is 1.95 bits per heavy atom. The molecule has 0 aromatic carbocycles. The number of nitrogens with zero attached hydrogens (tertiary/aromatic N) is 1. The number of sulfone groups is 1. The van der Waals surface area contributed by atoms with Gasteiger partial charge in [-0.2, -0.15) is 0 Å². The normalized spacial score (nSPS) is 24.4. The average Bonchev–Trinajstić information content (AvgIpc) is 2.35. The topological polar surface area (TPSA) is 70.6 Å². The first kappa shape index (κ1) is 17.3. The van der Waals surface area contributed by atoms with Crippen molar-refractivity contribution in [2.75, 3.05) is 32.1 Å². The van der Waals surface area contributed by atoms with Crippen LogP contribution in [0.5, 0.6) is 0 Å². The van der Waals surface area contributed by atoms with Crippen molar-refractivity contribution in [3.05, 3.63) is 0 Å². The fourth-order valence-corrected chi connectivity index (χ4v) is 3.26. The number of rotatable bonds is 6. The number of hydrogen-bond acceptors (Lipinski definition) is 3. The minimum atomic E-state index is -2.92. The van der Waals surface area contributed by atoms with Gasteiger partial charge in [-0.3, -0.25) is 4.99 Å². The van der Waals surface area contributed by atoms with Gasteiger partial charge in [0.25, 0.3) is 0 Å². The van der Waals surface area contributed by atoms with Gasteiger partial charge in [0.2, 0.25) is 0 Å². The molecule has 2 N–H and O–H groups in total. The highest BCUT2D eigenvalue weighted by Gasteiger charge is 2.18. The number of aliphatic imine (C=N–C) groups is 1. The molecule has 1 aliphatic rings. The summed E-state index contributed by atoms with van der Waals surface area (Å²) in [5.74, 6) is 2.51. The van der Waals surface area contributed by atoms with Crippen molar-refractivity contribution in [1.29, 1.82) is 0 Å². The van der Waals surface area contributed by atoms with Crippen LogP contribution in [0.4, 0.5) is 0 Å². The summed E-state index contributed by atoms with van der Waals surface area (Å²) in [6.45, 7) is 3.64. The lowest BCUT2D eigenvalue weighted by molar-refractivity contribution is 0.270. The SMILES string of the molecule is CN=C(NCCC1CCCC(C)C1)NCCS(C)(=O)=O. The van der Waals surface area contributed by atoms with Crippen LogP contribution in [-0.2, 0) is 9.84 Å². The van der Waals surface area contributed by atoms with Gasteiger partial charge in [-0.05, 0) is 24.7 Å². The Hall–Kier alpha value is -0.780. The molecule has 1 saturated carbocycles. The summed E-state index contributed by atoms with van der Waals surface area (Å²) in [6, 6.07) is 0. The van der Waals surface area contributed by atoms with E-state index >= 15 is 0 Å². The minimum absolute atomic E-state index is 0.133. The average molecular weight is 303 g/mol. The second-order valence-corrected chi connectivity index (χ2v) is 8.24. The van der Waals surface area contributed by atoms with Crippen molar-refractivity contribution in [2.45, 2.75) is 39.0 Å². The summed E-state index contributed by atoms with van der Waals surface area (Å²) in [6.07, 6.45) is 7.81. The third-order valence-corrected chi connectivity index (χ3v) is 4.82. The standard InChI is InChI=1S/C14H29N3O2S/c1-12-5-4-6-13(11-12)7-8-16-14(15-2)17-9-10-20(3,18)19/h12-13H,4-11H2,1-3H3,(H2,15,16,17). The number of hydrogen-bond donors (Lipinski definition) is 2. The van der Waals surface area contributed by atoms with E-state index < -0.39 is 9.84 Å². The first-order valence-corrected chi connectivity index (χ1v) is 9.59. The molecule has 0 radical (unpaired) electrons. The molecule has 0 spiro atoms. The first-order valence-electron chi connectivity index (χ1n) is 7.53. The Morgan fingerprint density at radius 1 is 1.25 bits per heavy atom. The third kappa shape index (κ3) is 7.72. The van der Waals surface area contributed by atoms with Crippen LogP contribution in [0.25, 0.3) is 0 Å². The highest BCUT2D eigenvalue weighted by Crippen LogP contribution is 2.30. The smallest absolute Gasteiger partial charge is 0.191 e. The minimum Gasteiger partial charge on any atom is -0.356 e. The van der Waals surface area contributed by atoms with E-state index in [0.717, 1.165) is 24.8 Å². The number of nitrogens with one attached hydrogen (secondary N) is 2. The Balaban J connectivity index is 2.18. The van der Waals surface area contributed by atoms with Gasteiger partial charge in [0.1, 0.15) is 9.84 Å². The summed E-state index contributed by atoms with van der Waals surface area (Å²) < 4.78 is 22.1. The van der Waals surface area contributed by atoms with Crippen LogP contribution >= 0.6 is 0 Å². The Labute approximate surface area is 123 Å². The summed E-state index contributed by atoms with van der Waals surface area (Å²) in [5.41, 5.74) is 0. The summed E-state index contributed by atoms with van der Waals surface area (Å²) in [4.78, 5) is 4.10. The largest absolute Gasteiger partial charge is 0.356 e. The molecule has 0 bridgehead atoms. The molecule has 0 saturated heterocycles. The van der Waals surface area contributed by atoms with Crippen molar-refractivity contribution >= 4 is 15.8 Å². The Morgan fingerprint density at radius 3 is 2.55 bits per heavy atom. The molecule has 2 unspecified atom stereocenters. The summed E-state index contributed by atoms with van der Waals surface area (Å²) in [5, 5.41) is 6.29. The maximum atomic E-state index is 11.1. The molecule has 0 heterocycles. The third-order valence-electron chi connectivity index (χ3n) is 3.88. The predicted molar refractivity (Wildman–Crippen MR) is 84.8 cm³/mol. The van der Waals surface area contributed by atoms with Gasteiger partial charge in [-0.25, -0.2) is 8.42 Å². The van der Waals surface area contributed by atoms with Crippen LogP contribution < -0.4 is 10.6 Å². The van der Waals surface area contributed by atoms with Gasteiger partial charge in [0.05, 0.1) is 5.75 Å². The number of guanidine groups is 1. The highest BCUT2D eigenvalue weighted by molar-refractivity contribution is 7.90. The Bertz CT molecular complexity index is 407. The second-order valence-electron chi connectivity index (χ2n) is 5.98. The van der Waals surface area contributed by atoms with Crippen molar-refractivity contribution in [1.82, 2.24) is 10.6 Å². The molecule has 1 fully saturated rings. The molecular formula is C14H29N3O2S. The molecular weight excluding hydrogens is 274 g/mol. The second kappa shape index (κ2) is 8.49. The van der Waals surface area contributed by atoms with Crippen LogP contribution in [0.3, 0.4) is 0 Å². The molecule has 2 atom stereocenters. The molecule has 6 heteroatoms. The molecule has 1 rings (SSSR count). The molecule has 0 amide bonds. The first-order chi connectivity index (χ1) is 9.40. The maximum absolute atomic E-state index is 11.1. The van der Waals surface area contributed by atoms with E-state index in [1.54, 1.807) is 7.05 Å². The van der Waals surface area contributed by atoms with Crippen LogP contribution in [0.15, 0.2) is 4.99 Å². The van der Waals surface area contributed by atoms with E-state index in [-0.39, 0.29) is 5.75 Å². The quantitative estimate of drug-likeness (QED) is 0.575. The van der Waals surface area contributed by atoms with Crippen LogP contribution in [0.2, 0.25) is 0 Å². The van der Waals surface area contributed by atoms with Crippen LogP contribution in [0.1, 0.15) is 39.0 Å². The fraction of sp³-hybridized carbons (Fsp3) is 0.929. The van der Waals surface area contributed by atoms with Gasteiger partial charge in [0.15, 0.2) is 5.96 Å². The van der Waals surface area contributed by atoms with Gasteiger partial charge >= 0.3 is 0 Å². The highest BCUT2D eigenvalue weighted by atomic mass is 32.2. The molecule has 0 aromatic heterocycles. The van der Waals surface area contributed by atoms with Crippen molar-refractivity contribution in [2.24, 2.45) is 16.8 Å². The maximum Gasteiger partial charge on any atom is 0.191 e. The van der Waals surface area contributed by atoms with Gasteiger partial charge in [-0.15, -0.1) is 0 Å². The molecule has 118 valence electrons. The summed E-state index contributed by atoms with van der Waals surface area (Å²) >= 11 is 0. The van der Waals surface area contributed by atoms with Crippen LogP contribution in [-0.4, -0.2) is 46.5 Å². The van der Waals surface area contributed by atoms with E-state index in [1.807, 2.05) is 0 Å². The van der Waals surface area contributed by atoms with Gasteiger partial charge in [-0.1, -0.05) is 26.2 Å². The molecule has 0 aliphatic heterocycles. The predicted octanol–water partition coefficient (Wildman–Crippen LogP) is 1.41. The van der Waals surface area contributed by atoms with Crippen LogP contribution in [0, 0.1) is 11.8 Å². The fourth-order valence-electron chi connectivity index (χ4n) is 2.79. The van der Waals surface area contributed by atoms with Crippen molar-refractivity contribution in [3.8, 4) is 0 Å². The molecule has 1 aliphatic carbocycles. The lowest BCUT2D eigenvalue weighted by Crippen LogP contribution is -2.40. The van der Waals surface area contributed by atoms with E-state index in [2.05, 4.69) is 22.5 Å². The van der Waals surface area contributed by atoms with E-state index in [4.69, 9.17) is 0 Å². The summed E-state index contributed by atoms with van der Waals surface area (Å²) in [7, 11) is -1.21. The zero-order valence-corrected chi connectivity index (χ0v) is 13.8. The Kier molecular flexibility index (Phi) is 7.34. The van der Waals surface area contributed by atoms with E-state index in [9.17, 15) is 8.42 Å². The van der Waals surface area contributed by atoms with Gasteiger partial charge in [0, 0.05) is 26.4 Å². The van der Waals surface area contributed by atoms with E-state index in [1.165, 1.54) is 31.9 Å². The molecule has 0 aromatic rings. The molecule has 5 nitrogen and oxygen atoms in total. The zero-order chi connectivity index (χ0) is 15.0. The van der Waals surface area contributed by atoms with Crippen molar-refractivity contribution < 1.29 is 8.42 Å². The van der Waals surface area contributed by atoms with Gasteiger partial charge < -0.3 is 10.6 Å². The lowest BCUT2D eigenvalue weighted by atomic mass is 9.81. The van der Waals surface area contributed by atoms with Crippen molar-refractivity contribution in [3.63, 3.8) is 0 Å². The van der Waals surface area contributed by atoms with E-state index in [0.29, 0.717) is 12.5 Å². The lowest BCUT2D eigenvalue weighted by Gasteiger charge is -2.26. The molecule has 20 heavy (non-hydrogen) atoms. The zero-order valence-electron chi connectivity index (χ0n) is 13.0.